The second kappa shape index (κ2) is 8.62. The maximum absolute atomic E-state index is 12.7. The molecule has 0 saturated carbocycles. The lowest BCUT2D eigenvalue weighted by Crippen LogP contribution is -2.45. The van der Waals surface area contributed by atoms with E-state index < -0.39 is 12.0 Å². The number of aryl methyl sites for hydroxylation is 1. The van der Waals surface area contributed by atoms with Crippen LogP contribution < -0.4 is 5.32 Å². The molecule has 1 aromatic carbocycles. The Bertz CT molecular complexity index is 771. The third-order valence-electron chi connectivity index (χ3n) is 4.32. The van der Waals surface area contributed by atoms with Crippen molar-refractivity contribution in [3.63, 3.8) is 0 Å². The first kappa shape index (κ1) is 19.7. The molecule has 26 heavy (non-hydrogen) atoms. The molecule has 2 aromatic rings. The molecular weight excluding hydrogens is 332 g/mol. The highest BCUT2D eigenvalue weighted by atomic mass is 16.4. The Labute approximate surface area is 153 Å². The van der Waals surface area contributed by atoms with Crippen LogP contribution in [0.1, 0.15) is 31.7 Å². The molecule has 1 unspecified atom stereocenters. The summed E-state index contributed by atoms with van der Waals surface area (Å²) in [5.74, 6) is -1.18. The van der Waals surface area contributed by atoms with Crippen LogP contribution in [0.25, 0.3) is 5.69 Å². The number of nitrogens with one attached hydrogen (secondary N) is 1. The van der Waals surface area contributed by atoms with Crippen LogP contribution in [0.2, 0.25) is 0 Å². The van der Waals surface area contributed by atoms with Gasteiger partial charge in [0.25, 0.3) is 0 Å². The van der Waals surface area contributed by atoms with Gasteiger partial charge in [-0.1, -0.05) is 25.1 Å². The molecule has 0 aliphatic carbocycles. The van der Waals surface area contributed by atoms with E-state index >= 15 is 0 Å². The van der Waals surface area contributed by atoms with E-state index in [1.54, 1.807) is 16.5 Å². The molecule has 0 aliphatic heterocycles. The Morgan fingerprint density at radius 3 is 2.50 bits per heavy atom. The van der Waals surface area contributed by atoms with Crippen molar-refractivity contribution in [3.05, 3.63) is 41.7 Å². The Morgan fingerprint density at radius 2 is 1.92 bits per heavy atom. The van der Waals surface area contributed by atoms with Crippen molar-refractivity contribution < 1.29 is 14.7 Å². The quantitative estimate of drug-likeness (QED) is 0.757. The van der Waals surface area contributed by atoms with Crippen molar-refractivity contribution in [1.82, 2.24) is 14.7 Å². The van der Waals surface area contributed by atoms with Gasteiger partial charge < -0.3 is 10.4 Å². The van der Waals surface area contributed by atoms with Gasteiger partial charge in [-0.2, -0.15) is 5.10 Å². The summed E-state index contributed by atoms with van der Waals surface area (Å²) in [6, 6.07) is 9.14. The molecule has 1 amide bonds. The minimum Gasteiger partial charge on any atom is -0.480 e. The summed E-state index contributed by atoms with van der Waals surface area (Å²) in [6.45, 7) is 7.80. The van der Waals surface area contributed by atoms with Gasteiger partial charge in [-0.15, -0.1) is 0 Å². The number of hydrogen-bond donors (Lipinski definition) is 2. The Hall–Kier alpha value is -2.67. The molecule has 0 bridgehead atoms. The monoisotopic (exact) mass is 358 g/mol. The molecule has 7 heteroatoms. The topological polar surface area (TPSA) is 87.5 Å². The van der Waals surface area contributed by atoms with Crippen molar-refractivity contribution in [2.24, 2.45) is 0 Å². The minimum absolute atomic E-state index is 0.163. The van der Waals surface area contributed by atoms with Crippen LogP contribution in [0.5, 0.6) is 0 Å². The van der Waals surface area contributed by atoms with Gasteiger partial charge in [0, 0.05) is 0 Å². The molecule has 1 heterocycles. The van der Waals surface area contributed by atoms with Crippen molar-refractivity contribution >= 4 is 17.6 Å². The van der Waals surface area contributed by atoms with Crippen LogP contribution in [-0.4, -0.2) is 50.8 Å². The maximum atomic E-state index is 12.7. The normalized spacial score (nSPS) is 12.2. The smallest absolute Gasteiger partial charge is 0.317 e. The lowest BCUT2D eigenvalue weighted by atomic mass is 10.2. The van der Waals surface area contributed by atoms with Gasteiger partial charge in [0.1, 0.15) is 0 Å². The number of para-hydroxylation sites is 1. The number of nitrogens with zero attached hydrogens (tertiary/aromatic N) is 3. The lowest BCUT2D eigenvalue weighted by molar-refractivity contribution is -0.139. The number of carbonyl (C=O) groups excluding carboxylic acids is 1. The Morgan fingerprint density at radius 1 is 1.27 bits per heavy atom. The number of aliphatic carboxylic acids is 1. The molecule has 7 nitrogen and oxygen atoms in total. The van der Waals surface area contributed by atoms with E-state index in [2.05, 4.69) is 10.4 Å². The van der Waals surface area contributed by atoms with Gasteiger partial charge in [0.2, 0.25) is 5.91 Å². The fourth-order valence-corrected chi connectivity index (χ4v) is 2.91. The van der Waals surface area contributed by atoms with Crippen LogP contribution >= 0.6 is 0 Å². The van der Waals surface area contributed by atoms with Gasteiger partial charge in [0.15, 0.2) is 0 Å². The van der Waals surface area contributed by atoms with E-state index in [0.717, 1.165) is 17.8 Å². The average Bonchev–Trinajstić information content (AvgIpc) is 2.89. The van der Waals surface area contributed by atoms with E-state index in [1.807, 2.05) is 51.1 Å². The van der Waals surface area contributed by atoms with Gasteiger partial charge in [-0.05, 0) is 45.9 Å². The first-order valence-corrected chi connectivity index (χ1v) is 8.73. The molecule has 2 rings (SSSR count). The van der Waals surface area contributed by atoms with E-state index in [9.17, 15) is 9.59 Å². The molecule has 0 spiro atoms. The molecule has 0 saturated heterocycles. The number of benzene rings is 1. The van der Waals surface area contributed by atoms with Gasteiger partial charge in [0.05, 0.1) is 35.3 Å². The molecule has 0 fully saturated rings. The van der Waals surface area contributed by atoms with Gasteiger partial charge in [-0.3, -0.25) is 14.5 Å². The van der Waals surface area contributed by atoms with E-state index in [1.165, 1.54) is 0 Å². The number of carbonyl (C=O) groups is 2. The predicted molar refractivity (Wildman–Crippen MR) is 101 cm³/mol. The summed E-state index contributed by atoms with van der Waals surface area (Å²) in [5.41, 5.74) is 3.12. The summed E-state index contributed by atoms with van der Waals surface area (Å²) in [5, 5.41) is 16.5. The van der Waals surface area contributed by atoms with E-state index in [-0.39, 0.29) is 12.5 Å². The molecule has 1 aromatic heterocycles. The third-order valence-corrected chi connectivity index (χ3v) is 4.32. The van der Waals surface area contributed by atoms with Crippen molar-refractivity contribution in [2.75, 3.05) is 18.4 Å². The summed E-state index contributed by atoms with van der Waals surface area (Å²) < 4.78 is 1.79. The zero-order chi connectivity index (χ0) is 19.3. The standard InChI is InChI=1S/C19H26N4O3/c1-5-11-22(12-17(24)25)15(4)19(26)20-18-13(2)21-23(14(18)3)16-9-7-6-8-10-16/h6-10,15H,5,11-12H2,1-4H3,(H,20,26)(H,24,25). The molecular formula is C19H26N4O3. The highest BCUT2D eigenvalue weighted by Crippen LogP contribution is 2.23. The first-order chi connectivity index (χ1) is 12.3. The molecule has 2 N–H and O–H groups in total. The summed E-state index contributed by atoms with van der Waals surface area (Å²) in [7, 11) is 0. The van der Waals surface area contributed by atoms with Gasteiger partial charge in [-0.25, -0.2) is 4.68 Å². The van der Waals surface area contributed by atoms with Gasteiger partial charge >= 0.3 is 5.97 Å². The number of amides is 1. The van der Waals surface area contributed by atoms with E-state index in [0.29, 0.717) is 17.9 Å². The summed E-state index contributed by atoms with van der Waals surface area (Å²) in [6.07, 6.45) is 0.773. The molecule has 1 atom stereocenters. The summed E-state index contributed by atoms with van der Waals surface area (Å²) in [4.78, 5) is 25.4. The van der Waals surface area contributed by atoms with Crippen LogP contribution in [0.15, 0.2) is 30.3 Å². The summed E-state index contributed by atoms with van der Waals surface area (Å²) >= 11 is 0. The predicted octanol–water partition coefficient (Wildman–Crippen LogP) is 2.61. The minimum atomic E-state index is -0.942. The zero-order valence-corrected chi connectivity index (χ0v) is 15.7. The highest BCUT2D eigenvalue weighted by Gasteiger charge is 2.24. The Balaban J connectivity index is 2.21. The zero-order valence-electron chi connectivity index (χ0n) is 15.7. The van der Waals surface area contributed by atoms with Crippen LogP contribution in [0, 0.1) is 13.8 Å². The van der Waals surface area contributed by atoms with Crippen molar-refractivity contribution in [2.45, 2.75) is 40.2 Å². The number of anilines is 1. The van der Waals surface area contributed by atoms with Crippen molar-refractivity contribution in [3.8, 4) is 5.69 Å². The molecule has 0 radical (unpaired) electrons. The second-order valence-electron chi connectivity index (χ2n) is 6.32. The largest absolute Gasteiger partial charge is 0.480 e. The average molecular weight is 358 g/mol. The SMILES string of the molecule is CCCN(CC(=O)O)C(C)C(=O)Nc1c(C)nn(-c2ccccc2)c1C. The van der Waals surface area contributed by atoms with E-state index in [4.69, 9.17) is 5.11 Å². The number of rotatable bonds is 8. The van der Waals surface area contributed by atoms with Crippen LogP contribution in [0.3, 0.4) is 0 Å². The molecule has 0 aliphatic rings. The number of aromatic nitrogens is 2. The first-order valence-electron chi connectivity index (χ1n) is 8.73. The second-order valence-corrected chi connectivity index (χ2v) is 6.32. The fourth-order valence-electron chi connectivity index (χ4n) is 2.91. The van der Waals surface area contributed by atoms with Crippen molar-refractivity contribution in [1.29, 1.82) is 0 Å². The number of hydrogen-bond acceptors (Lipinski definition) is 4. The fraction of sp³-hybridized carbons (Fsp3) is 0.421. The lowest BCUT2D eigenvalue weighted by Gasteiger charge is -2.26. The molecule has 140 valence electrons. The Kier molecular flexibility index (Phi) is 6.52. The maximum Gasteiger partial charge on any atom is 0.317 e. The highest BCUT2D eigenvalue weighted by molar-refractivity contribution is 5.95. The third kappa shape index (κ3) is 4.49. The van der Waals surface area contributed by atoms with Crippen LogP contribution in [0.4, 0.5) is 5.69 Å². The number of carboxylic acid groups (broad SMARTS) is 1. The number of carboxylic acids is 1. The van der Waals surface area contributed by atoms with Crippen LogP contribution in [-0.2, 0) is 9.59 Å².